The number of amides is 1. The summed E-state index contributed by atoms with van der Waals surface area (Å²) in [6.45, 7) is 2.04. The molecule has 0 radical (unpaired) electrons. The minimum atomic E-state index is -0.133. The second-order valence-electron chi connectivity index (χ2n) is 5.04. The molecule has 0 bridgehead atoms. The van der Waals surface area contributed by atoms with Gasteiger partial charge in [-0.1, -0.05) is 19.1 Å². The number of hydrogen-bond acceptors (Lipinski definition) is 3. The number of benzene rings is 2. The molecule has 0 aliphatic heterocycles. The molecule has 0 saturated carbocycles. The van der Waals surface area contributed by atoms with Crippen LogP contribution in [0.3, 0.4) is 0 Å². The van der Waals surface area contributed by atoms with E-state index in [-0.39, 0.29) is 18.6 Å². The maximum absolute atomic E-state index is 12.1. The van der Waals surface area contributed by atoms with E-state index >= 15 is 0 Å². The van der Waals surface area contributed by atoms with Crippen molar-refractivity contribution >= 4 is 28.5 Å². The monoisotopic (exact) mass is 425 g/mol. The lowest BCUT2D eigenvalue weighted by Gasteiger charge is -2.18. The number of hydrogen-bond donors (Lipinski definition) is 1. The van der Waals surface area contributed by atoms with Crippen LogP contribution in [0.1, 0.15) is 24.9 Å². The van der Waals surface area contributed by atoms with Gasteiger partial charge in [-0.15, -0.1) is 0 Å². The van der Waals surface area contributed by atoms with Crippen LogP contribution in [0.2, 0.25) is 0 Å². The van der Waals surface area contributed by atoms with E-state index in [1.807, 2.05) is 55.5 Å². The van der Waals surface area contributed by atoms with Gasteiger partial charge in [0.25, 0.3) is 5.91 Å². The second kappa shape index (κ2) is 8.76. The predicted octanol–water partition coefficient (Wildman–Crippen LogP) is 3.95. The molecule has 2 aromatic rings. The smallest absolute Gasteiger partial charge is 0.258 e. The highest BCUT2D eigenvalue weighted by Crippen LogP contribution is 2.20. The standard InChI is InChI=1S/C18H20INO3/c1-3-17(13-4-8-15(22-2)9-5-13)20-18(21)12-23-16-10-6-14(19)7-11-16/h4-11,17H,3,12H2,1-2H3,(H,20,21)/t17-/m0/s1. The first-order valence-corrected chi connectivity index (χ1v) is 8.52. The molecule has 1 atom stereocenters. The quantitative estimate of drug-likeness (QED) is 0.684. The van der Waals surface area contributed by atoms with E-state index in [1.54, 1.807) is 7.11 Å². The van der Waals surface area contributed by atoms with Crippen LogP contribution in [0.25, 0.3) is 0 Å². The zero-order valence-electron chi connectivity index (χ0n) is 13.2. The summed E-state index contributed by atoms with van der Waals surface area (Å²) in [5.74, 6) is 1.36. The van der Waals surface area contributed by atoms with Crippen LogP contribution in [0, 0.1) is 3.57 Å². The largest absolute Gasteiger partial charge is 0.497 e. The summed E-state index contributed by atoms with van der Waals surface area (Å²) >= 11 is 2.23. The fraction of sp³-hybridized carbons (Fsp3) is 0.278. The Morgan fingerprint density at radius 1 is 1.09 bits per heavy atom. The van der Waals surface area contributed by atoms with E-state index in [0.29, 0.717) is 5.75 Å². The van der Waals surface area contributed by atoms with Crippen molar-refractivity contribution in [1.82, 2.24) is 5.32 Å². The topological polar surface area (TPSA) is 47.6 Å². The predicted molar refractivity (Wildman–Crippen MR) is 98.8 cm³/mol. The summed E-state index contributed by atoms with van der Waals surface area (Å²) in [5, 5.41) is 3.00. The van der Waals surface area contributed by atoms with Gasteiger partial charge in [-0.3, -0.25) is 4.79 Å². The Balaban J connectivity index is 1.89. The van der Waals surface area contributed by atoms with Gasteiger partial charge in [0.15, 0.2) is 6.61 Å². The number of ether oxygens (including phenoxy) is 2. The highest BCUT2D eigenvalue weighted by atomic mass is 127. The Bertz CT molecular complexity index is 626. The highest BCUT2D eigenvalue weighted by Gasteiger charge is 2.13. The van der Waals surface area contributed by atoms with Gasteiger partial charge in [0.2, 0.25) is 0 Å². The van der Waals surface area contributed by atoms with E-state index in [2.05, 4.69) is 27.9 Å². The molecular formula is C18H20INO3. The Morgan fingerprint density at radius 2 is 1.70 bits per heavy atom. The molecule has 0 saturated heterocycles. The van der Waals surface area contributed by atoms with Gasteiger partial charge < -0.3 is 14.8 Å². The van der Waals surface area contributed by atoms with Crippen molar-refractivity contribution in [3.05, 3.63) is 57.7 Å². The van der Waals surface area contributed by atoms with Crippen LogP contribution in [0.5, 0.6) is 11.5 Å². The van der Waals surface area contributed by atoms with Crippen molar-refractivity contribution < 1.29 is 14.3 Å². The Labute approximate surface area is 150 Å². The van der Waals surface area contributed by atoms with E-state index < -0.39 is 0 Å². The van der Waals surface area contributed by atoms with Gasteiger partial charge in [0, 0.05) is 3.57 Å². The van der Waals surface area contributed by atoms with E-state index in [1.165, 1.54) is 0 Å². The molecule has 2 aromatic carbocycles. The lowest BCUT2D eigenvalue weighted by Crippen LogP contribution is -2.32. The van der Waals surface area contributed by atoms with Crippen LogP contribution in [-0.2, 0) is 4.79 Å². The minimum Gasteiger partial charge on any atom is -0.497 e. The fourth-order valence-corrected chi connectivity index (χ4v) is 2.53. The average Bonchev–Trinajstić information content (AvgIpc) is 2.59. The Morgan fingerprint density at radius 3 is 2.26 bits per heavy atom. The van der Waals surface area contributed by atoms with Gasteiger partial charge in [-0.25, -0.2) is 0 Å². The molecule has 0 aliphatic carbocycles. The summed E-state index contributed by atoms with van der Waals surface area (Å²) in [5.41, 5.74) is 1.05. The lowest BCUT2D eigenvalue weighted by molar-refractivity contribution is -0.123. The third-order valence-corrected chi connectivity index (χ3v) is 4.16. The maximum Gasteiger partial charge on any atom is 0.258 e. The number of carbonyl (C=O) groups excluding carboxylic acids is 1. The van der Waals surface area contributed by atoms with E-state index in [9.17, 15) is 4.79 Å². The number of methoxy groups -OCH3 is 1. The summed E-state index contributed by atoms with van der Waals surface area (Å²) in [4.78, 5) is 12.1. The molecule has 1 amide bonds. The molecule has 0 aliphatic rings. The highest BCUT2D eigenvalue weighted by molar-refractivity contribution is 14.1. The van der Waals surface area contributed by atoms with Gasteiger partial charge in [0.05, 0.1) is 13.2 Å². The van der Waals surface area contributed by atoms with Crippen molar-refractivity contribution in [3.63, 3.8) is 0 Å². The first-order chi connectivity index (χ1) is 11.1. The molecule has 0 aromatic heterocycles. The molecular weight excluding hydrogens is 405 g/mol. The van der Waals surface area contributed by atoms with Gasteiger partial charge in [-0.05, 0) is 71.0 Å². The fourth-order valence-electron chi connectivity index (χ4n) is 2.17. The Hall–Kier alpha value is -1.76. The third-order valence-electron chi connectivity index (χ3n) is 3.45. The van der Waals surface area contributed by atoms with Crippen molar-refractivity contribution in [2.75, 3.05) is 13.7 Å². The number of rotatable bonds is 7. The molecule has 5 heteroatoms. The van der Waals surface area contributed by atoms with Gasteiger partial charge >= 0.3 is 0 Å². The van der Waals surface area contributed by atoms with Gasteiger partial charge in [-0.2, -0.15) is 0 Å². The molecule has 2 rings (SSSR count). The van der Waals surface area contributed by atoms with Crippen molar-refractivity contribution in [1.29, 1.82) is 0 Å². The normalized spacial score (nSPS) is 11.6. The van der Waals surface area contributed by atoms with Crippen LogP contribution >= 0.6 is 22.6 Å². The summed E-state index contributed by atoms with van der Waals surface area (Å²) in [7, 11) is 1.63. The first kappa shape index (κ1) is 17.6. The average molecular weight is 425 g/mol. The van der Waals surface area contributed by atoms with Crippen molar-refractivity contribution in [3.8, 4) is 11.5 Å². The maximum atomic E-state index is 12.1. The van der Waals surface area contributed by atoms with Crippen molar-refractivity contribution in [2.45, 2.75) is 19.4 Å². The van der Waals surface area contributed by atoms with Crippen LogP contribution < -0.4 is 14.8 Å². The third kappa shape index (κ3) is 5.42. The summed E-state index contributed by atoms with van der Waals surface area (Å²) < 4.78 is 11.8. The minimum absolute atomic E-state index is 0.00719. The summed E-state index contributed by atoms with van der Waals surface area (Å²) in [6.07, 6.45) is 0.807. The zero-order chi connectivity index (χ0) is 16.7. The molecule has 23 heavy (non-hydrogen) atoms. The molecule has 0 spiro atoms. The number of carbonyl (C=O) groups is 1. The van der Waals surface area contributed by atoms with E-state index in [4.69, 9.17) is 9.47 Å². The van der Waals surface area contributed by atoms with Crippen molar-refractivity contribution in [2.24, 2.45) is 0 Å². The molecule has 0 unspecified atom stereocenters. The first-order valence-electron chi connectivity index (χ1n) is 7.44. The SMILES string of the molecule is CC[C@H](NC(=O)COc1ccc(I)cc1)c1ccc(OC)cc1. The van der Waals surface area contributed by atoms with E-state index in [0.717, 1.165) is 21.3 Å². The number of halogens is 1. The zero-order valence-corrected chi connectivity index (χ0v) is 15.4. The number of nitrogens with one attached hydrogen (secondary N) is 1. The molecule has 0 fully saturated rings. The molecule has 122 valence electrons. The van der Waals surface area contributed by atoms with Crippen LogP contribution in [0.4, 0.5) is 0 Å². The molecule has 4 nitrogen and oxygen atoms in total. The van der Waals surface area contributed by atoms with Crippen LogP contribution in [0.15, 0.2) is 48.5 Å². The van der Waals surface area contributed by atoms with Gasteiger partial charge in [0.1, 0.15) is 11.5 Å². The molecule has 1 N–H and O–H groups in total. The lowest BCUT2D eigenvalue weighted by atomic mass is 10.0. The second-order valence-corrected chi connectivity index (χ2v) is 6.29. The van der Waals surface area contributed by atoms with Crippen LogP contribution in [-0.4, -0.2) is 19.6 Å². The Kier molecular flexibility index (Phi) is 6.70. The molecule has 0 heterocycles. The summed E-state index contributed by atoms with van der Waals surface area (Å²) in [6, 6.07) is 15.3.